The van der Waals surface area contributed by atoms with E-state index in [0.717, 1.165) is 12.1 Å². The highest BCUT2D eigenvalue weighted by molar-refractivity contribution is 7.78. The molecule has 0 aromatic carbocycles. The molecule has 1 aromatic rings. The topological polar surface area (TPSA) is 38.4 Å². The monoisotopic (exact) mass is 194 g/mol. The summed E-state index contributed by atoms with van der Waals surface area (Å²) in [7, 11) is 0. The fourth-order valence-electron chi connectivity index (χ4n) is 1.04. The normalized spacial score (nSPS) is 9.38. The fraction of sp³-hybridized carbons (Fsp3) is 0.333. The van der Waals surface area contributed by atoms with Crippen LogP contribution >= 0.6 is 12.2 Å². The van der Waals surface area contributed by atoms with Gasteiger partial charge in [-0.1, -0.05) is 13.5 Å². The van der Waals surface area contributed by atoms with Gasteiger partial charge in [-0.15, -0.1) is 0 Å². The lowest BCUT2D eigenvalue weighted by molar-refractivity contribution is 0.508. The lowest BCUT2D eigenvalue weighted by Gasteiger charge is -1.93. The van der Waals surface area contributed by atoms with Crippen LogP contribution in [0.1, 0.15) is 24.3 Å². The zero-order valence-corrected chi connectivity index (χ0v) is 8.44. The Kier molecular flexibility index (Phi) is 3.12. The van der Waals surface area contributed by atoms with Crippen LogP contribution in [0.25, 0.3) is 5.70 Å². The molecule has 0 fully saturated rings. The number of rotatable bonds is 3. The molecule has 4 heteroatoms. The van der Waals surface area contributed by atoms with Crippen LogP contribution in [0, 0.1) is 6.92 Å². The zero-order valence-electron chi connectivity index (χ0n) is 7.63. The van der Waals surface area contributed by atoms with E-state index in [-0.39, 0.29) is 0 Å². The highest BCUT2D eigenvalue weighted by Gasteiger charge is 2.11. The molecular formula is C9H10N2OS. The highest BCUT2D eigenvalue weighted by Crippen LogP contribution is 2.19. The van der Waals surface area contributed by atoms with E-state index >= 15 is 0 Å². The molecule has 13 heavy (non-hydrogen) atoms. The molecule has 1 aromatic heterocycles. The number of aryl methyl sites for hydroxylation is 2. The lowest BCUT2D eigenvalue weighted by Crippen LogP contribution is -1.85. The van der Waals surface area contributed by atoms with Crippen LogP contribution in [0.15, 0.2) is 16.0 Å². The van der Waals surface area contributed by atoms with Gasteiger partial charge in [-0.2, -0.15) is 4.99 Å². The molecule has 0 aliphatic carbocycles. The van der Waals surface area contributed by atoms with Crippen LogP contribution in [0.5, 0.6) is 0 Å². The molecule has 0 radical (unpaired) electrons. The van der Waals surface area contributed by atoms with Crippen molar-refractivity contribution >= 4 is 23.1 Å². The standard InChI is InChI=1S/C9H10N2OS/c1-4-8-9(6(2)10-5-13)12-7(3)11-8/h2,4H2,1,3H3. The summed E-state index contributed by atoms with van der Waals surface area (Å²) >= 11 is 4.47. The van der Waals surface area contributed by atoms with Crippen LogP contribution in [-0.4, -0.2) is 10.1 Å². The van der Waals surface area contributed by atoms with Gasteiger partial charge in [0.15, 0.2) is 11.7 Å². The first-order chi connectivity index (χ1) is 6.19. The molecule has 0 atom stereocenters. The van der Waals surface area contributed by atoms with E-state index in [4.69, 9.17) is 4.42 Å². The van der Waals surface area contributed by atoms with E-state index in [1.165, 1.54) is 0 Å². The van der Waals surface area contributed by atoms with Crippen LogP contribution in [0.3, 0.4) is 0 Å². The largest absolute Gasteiger partial charge is 0.439 e. The Morgan fingerprint density at radius 3 is 3.00 bits per heavy atom. The Morgan fingerprint density at radius 2 is 2.46 bits per heavy atom. The number of hydrogen-bond acceptors (Lipinski definition) is 4. The van der Waals surface area contributed by atoms with Gasteiger partial charge in [0.1, 0.15) is 5.70 Å². The minimum Gasteiger partial charge on any atom is -0.439 e. The van der Waals surface area contributed by atoms with Gasteiger partial charge in [0.25, 0.3) is 0 Å². The SMILES string of the molecule is C=C(N=C=S)c1oc(C)nc1CC. The van der Waals surface area contributed by atoms with E-state index in [0.29, 0.717) is 17.3 Å². The van der Waals surface area contributed by atoms with Crippen molar-refractivity contribution in [2.45, 2.75) is 20.3 Å². The van der Waals surface area contributed by atoms with Gasteiger partial charge in [0.2, 0.25) is 0 Å². The van der Waals surface area contributed by atoms with Gasteiger partial charge < -0.3 is 4.42 Å². The van der Waals surface area contributed by atoms with Crippen LogP contribution in [-0.2, 0) is 6.42 Å². The van der Waals surface area contributed by atoms with E-state index in [1.807, 2.05) is 6.92 Å². The number of nitrogens with zero attached hydrogens (tertiary/aromatic N) is 2. The minimum atomic E-state index is 0.479. The number of oxazole rings is 1. The summed E-state index contributed by atoms with van der Waals surface area (Å²) in [6, 6.07) is 0. The van der Waals surface area contributed by atoms with Crippen LogP contribution in [0.4, 0.5) is 0 Å². The van der Waals surface area contributed by atoms with E-state index in [2.05, 4.69) is 33.9 Å². The Morgan fingerprint density at radius 1 is 1.77 bits per heavy atom. The van der Waals surface area contributed by atoms with Gasteiger partial charge in [-0.3, -0.25) is 0 Å². The lowest BCUT2D eigenvalue weighted by atomic mass is 10.2. The van der Waals surface area contributed by atoms with Crippen molar-refractivity contribution in [1.29, 1.82) is 0 Å². The molecule has 0 amide bonds. The summed E-state index contributed by atoms with van der Waals surface area (Å²) in [4.78, 5) is 7.94. The number of aromatic nitrogens is 1. The number of hydrogen-bond donors (Lipinski definition) is 0. The molecule has 0 N–H and O–H groups in total. The number of thiocarbonyl (C=S) groups is 1. The first kappa shape index (κ1) is 9.84. The third-order valence-corrected chi connectivity index (χ3v) is 1.67. The first-order valence-corrected chi connectivity index (χ1v) is 4.33. The van der Waals surface area contributed by atoms with E-state index in [9.17, 15) is 0 Å². The average molecular weight is 194 g/mol. The molecule has 0 bridgehead atoms. The zero-order chi connectivity index (χ0) is 9.84. The predicted molar refractivity (Wildman–Crippen MR) is 54.7 cm³/mol. The second kappa shape index (κ2) is 4.12. The summed E-state index contributed by atoms with van der Waals surface area (Å²) in [6.07, 6.45) is 0.790. The first-order valence-electron chi connectivity index (χ1n) is 3.92. The molecule has 68 valence electrons. The maximum absolute atomic E-state index is 5.33. The molecule has 0 saturated carbocycles. The van der Waals surface area contributed by atoms with Crippen molar-refractivity contribution in [3.05, 3.63) is 23.9 Å². The summed E-state index contributed by atoms with van der Waals surface area (Å²) in [6.45, 7) is 7.49. The molecule has 0 unspecified atom stereocenters. The second-order valence-corrected chi connectivity index (χ2v) is 2.69. The third kappa shape index (κ3) is 2.11. The Labute approximate surface area is 82.2 Å². The Hall–Kier alpha value is -1.25. The molecule has 0 aliphatic rings. The smallest absolute Gasteiger partial charge is 0.192 e. The fourth-order valence-corrected chi connectivity index (χ4v) is 1.15. The third-order valence-electron chi connectivity index (χ3n) is 1.58. The van der Waals surface area contributed by atoms with Gasteiger partial charge in [-0.25, -0.2) is 4.98 Å². The molecular weight excluding hydrogens is 184 g/mol. The van der Waals surface area contributed by atoms with Crippen LogP contribution in [0.2, 0.25) is 0 Å². The molecule has 1 rings (SSSR count). The molecule has 0 saturated heterocycles. The Bertz CT molecular complexity index is 375. The van der Waals surface area contributed by atoms with E-state index in [1.54, 1.807) is 6.92 Å². The van der Waals surface area contributed by atoms with Gasteiger partial charge >= 0.3 is 0 Å². The molecule has 0 spiro atoms. The van der Waals surface area contributed by atoms with Gasteiger partial charge in [-0.05, 0) is 18.6 Å². The molecule has 3 nitrogen and oxygen atoms in total. The van der Waals surface area contributed by atoms with Crippen molar-refractivity contribution in [2.24, 2.45) is 4.99 Å². The van der Waals surface area contributed by atoms with Crippen LogP contribution < -0.4 is 0 Å². The molecule has 0 aliphatic heterocycles. The average Bonchev–Trinajstić information content (AvgIpc) is 2.47. The molecule has 1 heterocycles. The summed E-state index contributed by atoms with van der Waals surface area (Å²) in [5, 5.41) is 2.25. The maximum Gasteiger partial charge on any atom is 0.192 e. The summed E-state index contributed by atoms with van der Waals surface area (Å²) < 4.78 is 5.33. The van der Waals surface area contributed by atoms with Crippen molar-refractivity contribution in [3.8, 4) is 0 Å². The van der Waals surface area contributed by atoms with Crippen molar-refractivity contribution in [3.63, 3.8) is 0 Å². The van der Waals surface area contributed by atoms with Crippen molar-refractivity contribution < 1.29 is 4.42 Å². The van der Waals surface area contributed by atoms with Gasteiger partial charge in [0, 0.05) is 6.92 Å². The van der Waals surface area contributed by atoms with E-state index < -0.39 is 0 Å². The summed E-state index contributed by atoms with van der Waals surface area (Å²) in [5.74, 6) is 1.23. The minimum absolute atomic E-state index is 0.479. The Balaban J connectivity index is 3.12. The number of isothiocyanates is 1. The highest BCUT2D eigenvalue weighted by atomic mass is 32.1. The van der Waals surface area contributed by atoms with Gasteiger partial charge in [0.05, 0.1) is 10.9 Å². The second-order valence-electron chi connectivity index (χ2n) is 2.51. The number of aliphatic imine (C=N–C) groups is 1. The quantitative estimate of drug-likeness (QED) is 0.548. The maximum atomic E-state index is 5.33. The van der Waals surface area contributed by atoms with Crippen molar-refractivity contribution in [1.82, 2.24) is 4.98 Å². The summed E-state index contributed by atoms with van der Waals surface area (Å²) in [5.41, 5.74) is 1.34. The predicted octanol–water partition coefficient (Wildman–Crippen LogP) is 2.62. The van der Waals surface area contributed by atoms with Crippen molar-refractivity contribution in [2.75, 3.05) is 0 Å².